The molecule has 1 aromatic rings. The Morgan fingerprint density at radius 3 is 2.59 bits per heavy atom. The van der Waals surface area contributed by atoms with Crippen molar-refractivity contribution in [1.82, 2.24) is 4.98 Å². The molecule has 0 N–H and O–H groups in total. The van der Waals surface area contributed by atoms with Crippen molar-refractivity contribution in [2.75, 3.05) is 31.3 Å². The van der Waals surface area contributed by atoms with E-state index in [0.717, 1.165) is 31.7 Å². The summed E-state index contributed by atoms with van der Waals surface area (Å²) in [7, 11) is -1.92. The first-order chi connectivity index (χ1) is 7.97. The van der Waals surface area contributed by atoms with Crippen LogP contribution < -0.4 is 4.90 Å². The summed E-state index contributed by atoms with van der Waals surface area (Å²) < 4.78 is 13.2. The average Bonchev–Trinajstić information content (AvgIpc) is 2.28. The number of nitrogens with zero attached hydrogens (tertiary/aromatic N) is 2. The van der Waals surface area contributed by atoms with E-state index in [1.807, 2.05) is 25.6 Å². The van der Waals surface area contributed by atoms with E-state index in [1.165, 1.54) is 3.57 Å². The SMILES string of the molecule is CP(C)(=O)C1CCN(c2cc(I)ccn2)CC1. The number of pyridine rings is 1. The Morgan fingerprint density at radius 1 is 1.41 bits per heavy atom. The van der Waals surface area contributed by atoms with E-state index in [9.17, 15) is 4.57 Å². The van der Waals surface area contributed by atoms with Crippen LogP contribution >= 0.6 is 29.7 Å². The number of aromatic nitrogens is 1. The van der Waals surface area contributed by atoms with Gasteiger partial charge in [0.15, 0.2) is 0 Å². The summed E-state index contributed by atoms with van der Waals surface area (Å²) in [5.41, 5.74) is 0.404. The molecule has 1 saturated heterocycles. The van der Waals surface area contributed by atoms with Crippen LogP contribution in [0.5, 0.6) is 0 Å². The second-order valence-electron chi connectivity index (χ2n) is 4.98. The molecule has 2 rings (SSSR count). The Bertz CT molecular complexity index is 438. The maximum absolute atomic E-state index is 12.0. The van der Waals surface area contributed by atoms with E-state index < -0.39 is 7.14 Å². The highest BCUT2D eigenvalue weighted by atomic mass is 127. The molecule has 1 fully saturated rings. The largest absolute Gasteiger partial charge is 0.357 e. The monoisotopic (exact) mass is 364 g/mol. The van der Waals surface area contributed by atoms with Gasteiger partial charge in [0, 0.05) is 28.5 Å². The molecule has 0 aromatic carbocycles. The predicted molar refractivity (Wildman–Crippen MR) is 81.6 cm³/mol. The Morgan fingerprint density at radius 2 is 2.06 bits per heavy atom. The van der Waals surface area contributed by atoms with Gasteiger partial charge in [0.1, 0.15) is 5.82 Å². The minimum atomic E-state index is -1.92. The summed E-state index contributed by atoms with van der Waals surface area (Å²) in [5.74, 6) is 1.05. The molecule has 0 radical (unpaired) electrons. The number of anilines is 1. The molecule has 0 bridgehead atoms. The summed E-state index contributed by atoms with van der Waals surface area (Å²) in [4.78, 5) is 6.70. The lowest BCUT2D eigenvalue weighted by molar-refractivity contribution is 0.530. The zero-order chi connectivity index (χ0) is 12.5. The molecule has 0 aliphatic carbocycles. The van der Waals surface area contributed by atoms with Crippen molar-refractivity contribution in [2.24, 2.45) is 0 Å². The van der Waals surface area contributed by atoms with Gasteiger partial charge in [-0.05, 0) is 60.9 Å². The maximum Gasteiger partial charge on any atom is 0.129 e. The van der Waals surface area contributed by atoms with Crippen molar-refractivity contribution in [3.8, 4) is 0 Å². The summed E-state index contributed by atoms with van der Waals surface area (Å²) in [5, 5.41) is 0. The highest BCUT2D eigenvalue weighted by molar-refractivity contribution is 14.1. The van der Waals surface area contributed by atoms with Crippen molar-refractivity contribution in [2.45, 2.75) is 18.5 Å². The smallest absolute Gasteiger partial charge is 0.129 e. The predicted octanol–water partition coefficient (Wildman–Crippen LogP) is 3.28. The van der Waals surface area contributed by atoms with E-state index in [1.54, 1.807) is 0 Å². The molecule has 0 spiro atoms. The molecule has 1 aliphatic heterocycles. The molecule has 5 heteroatoms. The molecule has 0 unspecified atom stereocenters. The molecule has 0 atom stereocenters. The fourth-order valence-electron chi connectivity index (χ4n) is 2.28. The summed E-state index contributed by atoms with van der Waals surface area (Å²) in [6, 6.07) is 4.11. The third-order valence-electron chi connectivity index (χ3n) is 3.38. The first kappa shape index (κ1) is 13.3. The molecular formula is C12H18IN2OP. The van der Waals surface area contributed by atoms with Gasteiger partial charge < -0.3 is 9.46 Å². The van der Waals surface area contributed by atoms with Crippen LogP contribution in [0.2, 0.25) is 0 Å². The van der Waals surface area contributed by atoms with Gasteiger partial charge in [0.2, 0.25) is 0 Å². The van der Waals surface area contributed by atoms with Crippen LogP contribution in [-0.2, 0) is 4.57 Å². The lowest BCUT2D eigenvalue weighted by atomic mass is 10.1. The second kappa shape index (κ2) is 5.27. The van der Waals surface area contributed by atoms with Crippen LogP contribution in [-0.4, -0.2) is 37.1 Å². The van der Waals surface area contributed by atoms with Crippen molar-refractivity contribution in [1.29, 1.82) is 0 Å². The van der Waals surface area contributed by atoms with Crippen molar-refractivity contribution in [3.05, 3.63) is 21.9 Å². The minimum Gasteiger partial charge on any atom is -0.357 e. The molecule has 94 valence electrons. The van der Waals surface area contributed by atoms with Crippen LogP contribution in [0, 0.1) is 3.57 Å². The van der Waals surface area contributed by atoms with Gasteiger partial charge in [-0.3, -0.25) is 0 Å². The van der Waals surface area contributed by atoms with Crippen molar-refractivity contribution in [3.63, 3.8) is 0 Å². The molecule has 0 saturated carbocycles. The molecule has 17 heavy (non-hydrogen) atoms. The van der Waals surface area contributed by atoms with E-state index in [0.29, 0.717) is 5.66 Å². The summed E-state index contributed by atoms with van der Waals surface area (Å²) in [6.07, 6.45) is 3.91. The fourth-order valence-corrected chi connectivity index (χ4v) is 4.20. The molecular weight excluding hydrogens is 346 g/mol. The number of hydrogen-bond acceptors (Lipinski definition) is 3. The number of halogens is 1. The van der Waals surface area contributed by atoms with Crippen LogP contribution in [0.3, 0.4) is 0 Å². The summed E-state index contributed by atoms with van der Waals surface area (Å²) >= 11 is 2.31. The molecule has 0 amide bonds. The average molecular weight is 364 g/mol. The molecule has 3 nitrogen and oxygen atoms in total. The quantitative estimate of drug-likeness (QED) is 0.597. The van der Waals surface area contributed by atoms with E-state index in [2.05, 4.69) is 38.5 Å². The zero-order valence-electron chi connectivity index (χ0n) is 10.3. The van der Waals surface area contributed by atoms with Gasteiger partial charge in [-0.25, -0.2) is 4.98 Å². The number of hydrogen-bond donors (Lipinski definition) is 0. The van der Waals surface area contributed by atoms with Crippen molar-refractivity contribution >= 4 is 35.6 Å². The lowest BCUT2D eigenvalue weighted by Crippen LogP contribution is -2.36. The van der Waals surface area contributed by atoms with Crippen LogP contribution in [0.15, 0.2) is 18.3 Å². The van der Waals surface area contributed by atoms with Crippen LogP contribution in [0.25, 0.3) is 0 Å². The van der Waals surface area contributed by atoms with Gasteiger partial charge in [0.05, 0.1) is 7.14 Å². The Hall–Kier alpha value is -0.0900. The van der Waals surface area contributed by atoms with Gasteiger partial charge in [-0.1, -0.05) is 0 Å². The maximum atomic E-state index is 12.0. The molecule has 1 aromatic heterocycles. The highest BCUT2D eigenvalue weighted by Crippen LogP contribution is 2.47. The van der Waals surface area contributed by atoms with Gasteiger partial charge in [-0.15, -0.1) is 0 Å². The van der Waals surface area contributed by atoms with E-state index in [4.69, 9.17) is 0 Å². The first-order valence-electron chi connectivity index (χ1n) is 5.88. The Labute approximate surface area is 117 Å². The third kappa shape index (κ3) is 3.44. The van der Waals surface area contributed by atoms with E-state index in [-0.39, 0.29) is 0 Å². The highest BCUT2D eigenvalue weighted by Gasteiger charge is 2.28. The van der Waals surface area contributed by atoms with Gasteiger partial charge in [0.25, 0.3) is 0 Å². The van der Waals surface area contributed by atoms with Gasteiger partial charge in [-0.2, -0.15) is 0 Å². The van der Waals surface area contributed by atoms with Crippen molar-refractivity contribution < 1.29 is 4.57 Å². The molecule has 1 aliphatic rings. The minimum absolute atomic E-state index is 0.404. The number of piperidine rings is 1. The summed E-state index contributed by atoms with van der Waals surface area (Å²) in [6.45, 7) is 5.78. The second-order valence-corrected chi connectivity index (χ2v) is 9.83. The molecule has 2 heterocycles. The van der Waals surface area contributed by atoms with Crippen LogP contribution in [0.4, 0.5) is 5.82 Å². The number of rotatable bonds is 2. The fraction of sp³-hybridized carbons (Fsp3) is 0.583. The Balaban J connectivity index is 2.02. The lowest BCUT2D eigenvalue weighted by Gasteiger charge is -2.34. The Kier molecular flexibility index (Phi) is 4.14. The van der Waals surface area contributed by atoms with E-state index >= 15 is 0 Å². The standard InChI is InChI=1S/C12H18IN2OP/c1-17(2,16)11-4-7-15(8-5-11)12-9-10(13)3-6-14-12/h3,6,9,11H,4-5,7-8H2,1-2H3. The normalized spacial score (nSPS) is 18.4. The first-order valence-corrected chi connectivity index (χ1v) is 9.63. The third-order valence-corrected chi connectivity index (χ3v) is 6.32. The zero-order valence-corrected chi connectivity index (χ0v) is 13.3. The topological polar surface area (TPSA) is 33.2 Å². The van der Waals surface area contributed by atoms with Crippen LogP contribution in [0.1, 0.15) is 12.8 Å². The van der Waals surface area contributed by atoms with Gasteiger partial charge >= 0.3 is 0 Å².